The van der Waals surface area contributed by atoms with Crippen LogP contribution in [0.3, 0.4) is 0 Å². The molecule has 0 aromatic heterocycles. The molecule has 0 spiro atoms. The maximum Gasteiger partial charge on any atom is 0.328 e. The summed E-state index contributed by atoms with van der Waals surface area (Å²) in [6.45, 7) is 0.942. The fraction of sp³-hybridized carbons (Fsp3) is 0.250. The van der Waals surface area contributed by atoms with Gasteiger partial charge in [-0.1, -0.05) is 0 Å². The average Bonchev–Trinajstić information content (AvgIpc) is 2.30. The maximum absolute atomic E-state index is 10.4. The van der Waals surface area contributed by atoms with Crippen molar-refractivity contribution < 1.29 is 19.4 Å². The van der Waals surface area contributed by atoms with Gasteiger partial charge in [0.1, 0.15) is 12.4 Å². The number of ether oxygens (including phenoxy) is 2. The van der Waals surface area contributed by atoms with E-state index in [-0.39, 0.29) is 0 Å². The molecule has 0 radical (unpaired) electrons. The van der Waals surface area contributed by atoms with E-state index in [9.17, 15) is 4.79 Å². The van der Waals surface area contributed by atoms with Gasteiger partial charge < -0.3 is 14.6 Å². The summed E-state index contributed by atoms with van der Waals surface area (Å²) in [4.78, 5) is 10.4. The minimum absolute atomic E-state index is 0.442. The lowest BCUT2D eigenvalue weighted by molar-refractivity contribution is -0.131. The fourth-order valence-corrected chi connectivity index (χ4v) is 2.66. The van der Waals surface area contributed by atoms with Crippen LogP contribution in [-0.4, -0.2) is 31.4 Å². The van der Waals surface area contributed by atoms with Gasteiger partial charge in [-0.2, -0.15) is 0 Å². The van der Waals surface area contributed by atoms with Gasteiger partial charge in [0.05, 0.1) is 15.6 Å². The Morgan fingerprint density at radius 2 is 1.94 bits per heavy atom. The van der Waals surface area contributed by atoms with E-state index in [0.717, 1.165) is 20.6 Å². The monoisotopic (exact) mass is 378 g/mol. The van der Waals surface area contributed by atoms with Crippen LogP contribution in [0, 0.1) is 0 Å². The summed E-state index contributed by atoms with van der Waals surface area (Å²) in [5, 5.41) is 8.56. The van der Waals surface area contributed by atoms with Crippen molar-refractivity contribution in [3.63, 3.8) is 0 Å². The standard InChI is InChI=1S/C12H12Br2O4/c1-17-4-5-18-12-9(13)6-8(7-10(12)14)2-3-11(15)16/h2-3,6-7H,4-5H2,1H3,(H,15,16)/b3-2+. The van der Waals surface area contributed by atoms with Crippen LogP contribution in [-0.2, 0) is 9.53 Å². The third kappa shape index (κ3) is 4.80. The van der Waals surface area contributed by atoms with Crippen LogP contribution in [0.25, 0.3) is 6.08 Å². The van der Waals surface area contributed by atoms with E-state index in [2.05, 4.69) is 31.9 Å². The number of carboxylic acids is 1. The highest BCUT2D eigenvalue weighted by atomic mass is 79.9. The van der Waals surface area contributed by atoms with E-state index in [1.165, 1.54) is 6.08 Å². The van der Waals surface area contributed by atoms with Gasteiger partial charge in [0, 0.05) is 13.2 Å². The highest BCUT2D eigenvalue weighted by Crippen LogP contribution is 2.35. The van der Waals surface area contributed by atoms with Crippen LogP contribution in [0.1, 0.15) is 5.56 Å². The van der Waals surface area contributed by atoms with E-state index in [0.29, 0.717) is 19.0 Å². The number of hydrogen-bond donors (Lipinski definition) is 1. The first-order chi connectivity index (χ1) is 8.54. The first-order valence-electron chi connectivity index (χ1n) is 5.06. The molecule has 0 aliphatic carbocycles. The molecule has 0 saturated carbocycles. The zero-order valence-corrected chi connectivity index (χ0v) is 12.8. The Balaban J connectivity index is 2.87. The van der Waals surface area contributed by atoms with Crippen LogP contribution in [0.5, 0.6) is 5.75 Å². The van der Waals surface area contributed by atoms with Crippen molar-refractivity contribution in [3.8, 4) is 5.75 Å². The normalized spacial score (nSPS) is 10.8. The lowest BCUT2D eigenvalue weighted by Crippen LogP contribution is -2.05. The second kappa shape index (κ2) is 7.56. The zero-order valence-electron chi connectivity index (χ0n) is 9.65. The summed E-state index contributed by atoms with van der Waals surface area (Å²) < 4.78 is 11.9. The van der Waals surface area contributed by atoms with E-state index in [1.54, 1.807) is 19.2 Å². The fourth-order valence-electron chi connectivity index (χ4n) is 1.21. The maximum atomic E-state index is 10.4. The number of carboxylic acid groups (broad SMARTS) is 1. The number of hydrogen-bond acceptors (Lipinski definition) is 3. The summed E-state index contributed by atoms with van der Waals surface area (Å²) in [5.41, 5.74) is 0.759. The first kappa shape index (κ1) is 15.2. The predicted octanol–water partition coefficient (Wildman–Crippen LogP) is 3.33. The van der Waals surface area contributed by atoms with Crippen molar-refractivity contribution in [2.45, 2.75) is 0 Å². The molecule has 0 unspecified atom stereocenters. The first-order valence-corrected chi connectivity index (χ1v) is 6.65. The van der Waals surface area contributed by atoms with Crippen molar-refractivity contribution >= 4 is 43.9 Å². The van der Waals surface area contributed by atoms with Crippen molar-refractivity contribution in [2.24, 2.45) is 0 Å². The van der Waals surface area contributed by atoms with E-state index < -0.39 is 5.97 Å². The lowest BCUT2D eigenvalue weighted by atomic mass is 10.2. The van der Waals surface area contributed by atoms with Crippen molar-refractivity contribution in [3.05, 3.63) is 32.7 Å². The molecule has 0 saturated heterocycles. The molecule has 18 heavy (non-hydrogen) atoms. The molecule has 0 bridgehead atoms. The number of halogens is 2. The Bertz CT molecular complexity index is 434. The summed E-state index contributed by atoms with van der Waals surface area (Å²) in [6.07, 6.45) is 2.59. The van der Waals surface area contributed by atoms with E-state index >= 15 is 0 Å². The summed E-state index contributed by atoms with van der Waals surface area (Å²) in [5.74, 6) is -0.317. The molecule has 4 nitrogen and oxygen atoms in total. The van der Waals surface area contributed by atoms with E-state index in [4.69, 9.17) is 14.6 Å². The van der Waals surface area contributed by atoms with Crippen molar-refractivity contribution in [1.82, 2.24) is 0 Å². The predicted molar refractivity (Wildman–Crippen MR) is 75.9 cm³/mol. The van der Waals surface area contributed by atoms with Crippen LogP contribution in [0.4, 0.5) is 0 Å². The van der Waals surface area contributed by atoms with E-state index in [1.807, 2.05) is 0 Å². The molecule has 1 aromatic rings. The van der Waals surface area contributed by atoms with Crippen LogP contribution in [0.2, 0.25) is 0 Å². The Morgan fingerprint density at radius 1 is 1.33 bits per heavy atom. The lowest BCUT2D eigenvalue weighted by Gasteiger charge is -2.10. The van der Waals surface area contributed by atoms with Gasteiger partial charge in [-0.15, -0.1) is 0 Å². The highest BCUT2D eigenvalue weighted by molar-refractivity contribution is 9.11. The Kier molecular flexibility index (Phi) is 6.38. The minimum atomic E-state index is -0.984. The van der Waals surface area contributed by atoms with Gasteiger partial charge in [-0.3, -0.25) is 0 Å². The van der Waals surface area contributed by atoms with Crippen LogP contribution >= 0.6 is 31.9 Å². The highest BCUT2D eigenvalue weighted by Gasteiger charge is 2.08. The number of methoxy groups -OCH3 is 1. The van der Waals surface area contributed by atoms with Crippen LogP contribution in [0.15, 0.2) is 27.2 Å². The van der Waals surface area contributed by atoms with Crippen molar-refractivity contribution in [1.29, 1.82) is 0 Å². The second-order valence-electron chi connectivity index (χ2n) is 3.33. The molecule has 98 valence electrons. The van der Waals surface area contributed by atoms with Gasteiger partial charge in [-0.05, 0) is 55.6 Å². The number of benzene rings is 1. The smallest absolute Gasteiger partial charge is 0.328 e. The van der Waals surface area contributed by atoms with Gasteiger partial charge >= 0.3 is 5.97 Å². The molecule has 1 N–H and O–H groups in total. The quantitative estimate of drug-likeness (QED) is 0.608. The van der Waals surface area contributed by atoms with Crippen LogP contribution < -0.4 is 4.74 Å². The van der Waals surface area contributed by atoms with Gasteiger partial charge in [0.25, 0.3) is 0 Å². The average molecular weight is 380 g/mol. The molecule has 0 atom stereocenters. The molecule has 0 amide bonds. The summed E-state index contributed by atoms with van der Waals surface area (Å²) in [6, 6.07) is 3.57. The molecule has 0 aliphatic rings. The SMILES string of the molecule is COCCOc1c(Br)cc(/C=C/C(=O)O)cc1Br. The molecule has 0 aliphatic heterocycles. The summed E-state index contributed by atoms with van der Waals surface area (Å²) >= 11 is 6.76. The molecular formula is C12H12Br2O4. The molecule has 1 aromatic carbocycles. The number of aliphatic carboxylic acids is 1. The third-order valence-corrected chi connectivity index (χ3v) is 3.15. The molecule has 0 fully saturated rings. The second-order valence-corrected chi connectivity index (χ2v) is 5.04. The molecule has 6 heteroatoms. The topological polar surface area (TPSA) is 55.8 Å². The Hall–Kier alpha value is -0.850. The largest absolute Gasteiger partial charge is 0.489 e. The number of rotatable bonds is 6. The minimum Gasteiger partial charge on any atom is -0.489 e. The Morgan fingerprint density at radius 3 is 2.44 bits per heavy atom. The number of carbonyl (C=O) groups is 1. The summed E-state index contributed by atoms with van der Waals surface area (Å²) in [7, 11) is 1.60. The van der Waals surface area contributed by atoms with Gasteiger partial charge in [-0.25, -0.2) is 4.79 Å². The molecule has 0 heterocycles. The zero-order chi connectivity index (χ0) is 13.5. The Labute approximate surface area is 122 Å². The van der Waals surface area contributed by atoms with Gasteiger partial charge in [0.15, 0.2) is 0 Å². The molecule has 1 rings (SSSR count). The van der Waals surface area contributed by atoms with Gasteiger partial charge in [0.2, 0.25) is 0 Å². The molecular weight excluding hydrogens is 368 g/mol. The van der Waals surface area contributed by atoms with Crippen molar-refractivity contribution in [2.75, 3.05) is 20.3 Å². The third-order valence-electron chi connectivity index (χ3n) is 1.97.